The second kappa shape index (κ2) is 18.4. The Morgan fingerprint density at radius 2 is 0.950 bits per heavy atom. The van der Waals surface area contributed by atoms with Crippen molar-refractivity contribution in [2.75, 3.05) is 14.7 Å². The van der Waals surface area contributed by atoms with Crippen LogP contribution in [0.2, 0.25) is 0 Å². The van der Waals surface area contributed by atoms with Crippen LogP contribution in [0.1, 0.15) is 165 Å². The Hall–Kier alpha value is -6.78. The lowest BCUT2D eigenvalue weighted by Crippen LogP contribution is -2.61. The van der Waals surface area contributed by atoms with Crippen molar-refractivity contribution < 1.29 is 0 Å². The van der Waals surface area contributed by atoms with Gasteiger partial charge in [-0.1, -0.05) is 220 Å². The van der Waals surface area contributed by atoms with Crippen molar-refractivity contribution in [3.05, 3.63) is 198 Å². The first-order valence-corrected chi connectivity index (χ1v) is 29.9. The largest absolute Gasteiger partial charge is 0.334 e. The second-order valence-corrected chi connectivity index (χ2v) is 30.0. The summed E-state index contributed by atoms with van der Waals surface area (Å²) < 4.78 is 0. The molecule has 1 aliphatic carbocycles. The van der Waals surface area contributed by atoms with E-state index in [-0.39, 0.29) is 44.7 Å². The van der Waals surface area contributed by atoms with E-state index in [0.29, 0.717) is 5.92 Å². The fourth-order valence-corrected chi connectivity index (χ4v) is 14.4. The van der Waals surface area contributed by atoms with Crippen molar-refractivity contribution in [3.8, 4) is 22.3 Å². The predicted molar refractivity (Wildman–Crippen MR) is 347 cm³/mol. The molecule has 0 bridgehead atoms. The first-order chi connectivity index (χ1) is 37.6. The van der Waals surface area contributed by atoms with E-state index in [0.717, 1.165) is 12.8 Å². The second-order valence-electron chi connectivity index (χ2n) is 30.0. The van der Waals surface area contributed by atoms with Gasteiger partial charge in [0.05, 0.1) is 11.2 Å². The van der Waals surface area contributed by atoms with Crippen LogP contribution in [0.5, 0.6) is 0 Å². The van der Waals surface area contributed by atoms with E-state index in [1.165, 1.54) is 118 Å². The Kier molecular flexibility index (Phi) is 12.4. The lowest BCUT2D eigenvalue weighted by molar-refractivity contribution is 0.0786. The van der Waals surface area contributed by atoms with Gasteiger partial charge in [-0.05, 0) is 181 Å². The summed E-state index contributed by atoms with van der Waals surface area (Å²) in [5, 5.41) is 0. The smallest absolute Gasteiger partial charge is 0.252 e. The normalized spacial score (nSPS) is 19.8. The molecule has 0 N–H and O–H groups in total. The quantitative estimate of drug-likeness (QED) is 0.159. The SMILES string of the molecule is CC(C)(C)c1ccc(N2c3cc(N4c5ccc(C(C)(C)C)cc5C5(C)CC(C(C)(C)C)CCC45C)ccc3B3c4cc(-c5ccccc5)ccc4N(c4ccc(C(C)(C)C)cc4-c4ccccc4)c4cc(C(C)(C)C)cc2c43)cc1. The summed E-state index contributed by atoms with van der Waals surface area (Å²) in [4.78, 5) is 8.13. The van der Waals surface area contributed by atoms with Crippen LogP contribution in [-0.2, 0) is 27.1 Å². The number of fused-ring (bicyclic) bond motifs is 7. The summed E-state index contributed by atoms with van der Waals surface area (Å²) in [5.41, 5.74) is 25.6. The van der Waals surface area contributed by atoms with E-state index in [2.05, 4.69) is 302 Å². The Labute approximate surface area is 481 Å². The van der Waals surface area contributed by atoms with Gasteiger partial charge in [0.1, 0.15) is 0 Å². The third-order valence-electron chi connectivity index (χ3n) is 19.7. The number of nitrogens with zero attached hydrogens (tertiary/aromatic N) is 3. The Balaban J connectivity index is 1.17. The number of hydrogen-bond donors (Lipinski definition) is 0. The predicted octanol–water partition coefficient (Wildman–Crippen LogP) is 19.3. The molecule has 12 rings (SSSR count). The van der Waals surface area contributed by atoms with Gasteiger partial charge in [-0.3, -0.25) is 0 Å². The van der Waals surface area contributed by atoms with Crippen molar-refractivity contribution in [1.82, 2.24) is 0 Å². The van der Waals surface area contributed by atoms with Gasteiger partial charge in [-0.15, -0.1) is 0 Å². The minimum absolute atomic E-state index is 0.00563. The van der Waals surface area contributed by atoms with Crippen LogP contribution in [0, 0.1) is 11.3 Å². The van der Waals surface area contributed by atoms with E-state index < -0.39 is 0 Å². The zero-order valence-corrected chi connectivity index (χ0v) is 51.3. The lowest BCUT2D eigenvalue weighted by atomic mass is 9.33. The highest BCUT2D eigenvalue weighted by Crippen LogP contribution is 2.64. The summed E-state index contributed by atoms with van der Waals surface area (Å²) in [6, 6.07) is 66.6. The maximum Gasteiger partial charge on any atom is 0.252 e. The first-order valence-electron chi connectivity index (χ1n) is 29.9. The minimum Gasteiger partial charge on any atom is -0.334 e. The molecule has 3 unspecified atom stereocenters. The lowest BCUT2D eigenvalue weighted by Gasteiger charge is -2.54. The highest BCUT2D eigenvalue weighted by atomic mass is 15.3. The molecule has 3 aliphatic heterocycles. The fraction of sp³-hybridized carbons (Fsp3) is 0.368. The minimum atomic E-state index is -0.164. The average molecular weight is 1050 g/mol. The van der Waals surface area contributed by atoms with Crippen LogP contribution >= 0.6 is 0 Å². The molecule has 0 spiro atoms. The summed E-state index contributed by atoms with van der Waals surface area (Å²) >= 11 is 0. The zero-order chi connectivity index (χ0) is 56.9. The average Bonchev–Trinajstić information content (AvgIpc) is 3.76. The van der Waals surface area contributed by atoms with Gasteiger partial charge in [0.25, 0.3) is 6.71 Å². The molecular weight excluding hydrogens is 966 g/mol. The van der Waals surface area contributed by atoms with Crippen LogP contribution in [0.15, 0.2) is 170 Å². The summed E-state index contributed by atoms with van der Waals surface area (Å²) in [6.45, 7) is 40.8. The van der Waals surface area contributed by atoms with E-state index in [9.17, 15) is 0 Å². The van der Waals surface area contributed by atoms with Crippen LogP contribution in [0.4, 0.5) is 45.5 Å². The van der Waals surface area contributed by atoms with Gasteiger partial charge < -0.3 is 14.7 Å². The third kappa shape index (κ3) is 8.67. The van der Waals surface area contributed by atoms with Crippen molar-refractivity contribution >= 4 is 68.6 Å². The van der Waals surface area contributed by atoms with Crippen molar-refractivity contribution in [2.24, 2.45) is 11.3 Å². The third-order valence-corrected chi connectivity index (χ3v) is 19.7. The molecule has 0 amide bonds. The summed E-state index contributed by atoms with van der Waals surface area (Å²) in [5.74, 6) is 0.622. The molecule has 0 radical (unpaired) electrons. The molecule has 3 atom stereocenters. The Bertz CT molecular complexity index is 3700. The van der Waals surface area contributed by atoms with Gasteiger partial charge in [0.15, 0.2) is 0 Å². The van der Waals surface area contributed by atoms with Crippen LogP contribution in [0.25, 0.3) is 22.3 Å². The van der Waals surface area contributed by atoms with Crippen LogP contribution in [-0.4, -0.2) is 12.3 Å². The molecule has 4 aliphatic rings. The first kappa shape index (κ1) is 53.8. The number of rotatable bonds is 5. The molecule has 4 heteroatoms. The maximum absolute atomic E-state index is 2.82. The van der Waals surface area contributed by atoms with E-state index in [4.69, 9.17) is 0 Å². The van der Waals surface area contributed by atoms with Crippen LogP contribution < -0.4 is 31.1 Å². The van der Waals surface area contributed by atoms with Crippen molar-refractivity contribution in [3.63, 3.8) is 0 Å². The molecule has 1 saturated carbocycles. The molecular formula is C76H86BN3. The van der Waals surface area contributed by atoms with Crippen molar-refractivity contribution in [2.45, 2.75) is 170 Å². The zero-order valence-electron chi connectivity index (χ0n) is 51.3. The number of anilines is 8. The topological polar surface area (TPSA) is 9.72 Å². The van der Waals surface area contributed by atoms with Crippen LogP contribution in [0.3, 0.4) is 0 Å². The van der Waals surface area contributed by atoms with E-state index in [1.807, 2.05) is 0 Å². The van der Waals surface area contributed by atoms with E-state index >= 15 is 0 Å². The molecule has 3 nitrogen and oxygen atoms in total. The maximum atomic E-state index is 2.82. The fourth-order valence-electron chi connectivity index (χ4n) is 14.4. The van der Waals surface area contributed by atoms with Gasteiger partial charge in [-0.25, -0.2) is 0 Å². The molecule has 8 aromatic carbocycles. The Morgan fingerprint density at radius 1 is 0.412 bits per heavy atom. The van der Waals surface area contributed by atoms with Gasteiger partial charge in [0, 0.05) is 50.8 Å². The van der Waals surface area contributed by atoms with Gasteiger partial charge in [0.2, 0.25) is 0 Å². The van der Waals surface area contributed by atoms with Gasteiger partial charge >= 0.3 is 0 Å². The monoisotopic (exact) mass is 1050 g/mol. The molecule has 408 valence electrons. The van der Waals surface area contributed by atoms with Crippen molar-refractivity contribution in [1.29, 1.82) is 0 Å². The molecule has 8 aromatic rings. The standard InChI is InChI=1S/C76H86BN3/c1-70(2,3)52-29-33-57(34-30-52)78-66-47-58(80-64-39-32-54(72(7,8)9)44-60(64)75(16)48-55(73(10,11)12)40-41-76(75,80)17)35-36-61(66)77-62-42-51(49-24-20-18-21-25-49)28-37-65(62)79(68-46-56(74(13,14)15)45-67(78)69(68)77)63-38-31-53(71(4,5)6)43-59(63)50-26-22-19-23-27-50/h18-39,42-47,55H,40-41,48H2,1-17H3. The molecule has 0 aromatic heterocycles. The number of hydrogen-bond acceptors (Lipinski definition) is 3. The molecule has 1 fully saturated rings. The molecule has 3 heterocycles. The summed E-state index contributed by atoms with van der Waals surface area (Å²) in [7, 11) is 0. The highest BCUT2D eigenvalue weighted by Gasteiger charge is 2.60. The summed E-state index contributed by atoms with van der Waals surface area (Å²) in [6.07, 6.45) is 3.49. The molecule has 0 saturated heterocycles. The van der Waals surface area contributed by atoms with Gasteiger partial charge in [-0.2, -0.15) is 0 Å². The Morgan fingerprint density at radius 3 is 1.55 bits per heavy atom. The highest BCUT2D eigenvalue weighted by molar-refractivity contribution is 7.00. The van der Waals surface area contributed by atoms with E-state index in [1.54, 1.807) is 0 Å². The molecule has 80 heavy (non-hydrogen) atoms. The number of benzene rings is 8.